The second-order valence-corrected chi connectivity index (χ2v) is 11.9. The van der Waals surface area contributed by atoms with E-state index in [0.29, 0.717) is 5.56 Å². The van der Waals surface area contributed by atoms with E-state index in [1.807, 2.05) is 86.6 Å². The van der Waals surface area contributed by atoms with Crippen LogP contribution >= 0.6 is 9.69 Å². The third kappa shape index (κ3) is 10.7. The van der Waals surface area contributed by atoms with Crippen molar-refractivity contribution in [3.8, 4) is 17.1 Å². The van der Waals surface area contributed by atoms with E-state index in [4.69, 9.17) is 9.84 Å². The molecule has 0 amide bonds. The number of aliphatic imine (C=N–C) groups is 1. The Balaban J connectivity index is 0.000000511. The molecule has 239 valence electrons. The van der Waals surface area contributed by atoms with E-state index in [9.17, 15) is 20.4 Å². The molecule has 1 fully saturated rings. The van der Waals surface area contributed by atoms with E-state index in [0.717, 1.165) is 22.5 Å². The number of hydrogen-bond donors (Lipinski definition) is 5. The molecule has 3 heterocycles. The van der Waals surface area contributed by atoms with Gasteiger partial charge in [-0.15, -0.1) is 0 Å². The molecule has 10 nitrogen and oxygen atoms in total. The third-order valence-corrected chi connectivity index (χ3v) is 6.66. The normalized spacial score (nSPS) is 22.0. The Labute approximate surface area is 267 Å². The number of hydrogen-bond acceptors (Lipinski definition) is 9. The monoisotopic (exact) mass is 706 g/mol. The molecule has 0 radical (unpaired) electrons. The topological polar surface area (TPSA) is 180 Å². The van der Waals surface area contributed by atoms with Crippen LogP contribution in [0.3, 0.4) is 0 Å². The van der Waals surface area contributed by atoms with Crippen LogP contribution in [0.4, 0.5) is 0 Å². The van der Waals surface area contributed by atoms with Gasteiger partial charge in [0.2, 0.25) is 0 Å². The van der Waals surface area contributed by atoms with Crippen LogP contribution in [0.15, 0.2) is 65.9 Å². The van der Waals surface area contributed by atoms with Crippen molar-refractivity contribution >= 4 is 15.9 Å². The van der Waals surface area contributed by atoms with Gasteiger partial charge in [-0.2, -0.15) is 0 Å². The maximum atomic E-state index is 10.8. The third-order valence-electron chi connectivity index (χ3n) is 6.66. The van der Waals surface area contributed by atoms with E-state index < -0.39 is 37.3 Å². The molecule has 0 unspecified atom stereocenters. The van der Waals surface area contributed by atoms with Gasteiger partial charge in [-0.05, 0) is 46.7 Å². The Morgan fingerprint density at radius 2 is 1.42 bits per heavy atom. The number of aliphatic hydroxyl groups excluding tert-OH is 4. The summed E-state index contributed by atoms with van der Waals surface area (Å²) in [5, 5.41) is 50.3. The number of benzene rings is 1. The number of nitrogens with zero attached hydrogens (tertiary/aromatic N) is 3. The molecule has 3 aromatic rings. The fourth-order valence-corrected chi connectivity index (χ4v) is 4.20. The van der Waals surface area contributed by atoms with Crippen LogP contribution in [0, 0.1) is 0 Å². The fourth-order valence-electron chi connectivity index (χ4n) is 4.20. The zero-order valence-electron chi connectivity index (χ0n) is 25.2. The Hall–Kier alpha value is -2.34. The molecule has 4 rings (SSSR count). The summed E-state index contributed by atoms with van der Waals surface area (Å²) in [6.45, 7) is 11.7. The molecule has 0 spiro atoms. The first-order chi connectivity index (χ1) is 19.7. The van der Waals surface area contributed by atoms with Crippen molar-refractivity contribution in [2.75, 3.05) is 6.61 Å². The molecule has 5 atom stereocenters. The van der Waals surface area contributed by atoms with Crippen LogP contribution in [-0.4, -0.2) is 84.4 Å². The molecule has 2 aromatic heterocycles. The number of aromatic nitrogens is 2. The maximum Gasteiger partial charge on any atom is 0.0886 e. The Kier molecular flexibility index (Phi) is 15.5. The minimum Gasteiger partial charge on any atom is -0.255 e. The van der Waals surface area contributed by atoms with Crippen molar-refractivity contribution < 1.29 is 53.1 Å². The second kappa shape index (κ2) is 17.2. The summed E-state index contributed by atoms with van der Waals surface area (Å²) >= 11 is 1.82. The summed E-state index contributed by atoms with van der Waals surface area (Å²) < 4.78 is 5.12. The van der Waals surface area contributed by atoms with Crippen LogP contribution in [0.2, 0.25) is 0 Å². The first-order valence-corrected chi connectivity index (χ1v) is 15.6. The van der Waals surface area contributed by atoms with Crippen LogP contribution in [0.1, 0.15) is 58.2 Å². The summed E-state index contributed by atoms with van der Waals surface area (Å²) in [5.41, 5.74) is 3.60. The van der Waals surface area contributed by atoms with E-state index >= 15 is 0 Å². The zero-order valence-corrected chi connectivity index (χ0v) is 27.7. The van der Waals surface area contributed by atoms with E-state index in [1.54, 1.807) is 12.4 Å². The molecule has 7 N–H and O–H groups in total. The fraction of sp³-hybridized carbons (Fsp3) is 0.452. The van der Waals surface area contributed by atoms with Crippen molar-refractivity contribution in [1.29, 1.82) is 0 Å². The molecule has 0 aliphatic carbocycles. The predicted octanol–water partition coefficient (Wildman–Crippen LogP) is 3.21. The van der Waals surface area contributed by atoms with Gasteiger partial charge in [0.25, 0.3) is 0 Å². The molecular formula is C31H43ClN3O7Ru. The number of aromatic hydroxyl groups is 1. The minimum absolute atomic E-state index is 0. The molecule has 1 aromatic carbocycles. The van der Waals surface area contributed by atoms with Gasteiger partial charge in [0.05, 0.1) is 18.0 Å². The van der Waals surface area contributed by atoms with Crippen LogP contribution in [-0.2, 0) is 32.9 Å². The van der Waals surface area contributed by atoms with Crippen molar-refractivity contribution in [2.24, 2.45) is 4.99 Å². The Morgan fingerprint density at radius 3 is 1.84 bits per heavy atom. The first kappa shape index (κ1) is 38.7. The molecular weight excluding hydrogens is 663 g/mol. The first-order valence-electron chi connectivity index (χ1n) is 13.4. The van der Waals surface area contributed by atoms with Crippen molar-refractivity contribution in [1.82, 2.24) is 9.97 Å². The number of ether oxygens (including phenoxy) is 1. The van der Waals surface area contributed by atoms with Gasteiger partial charge >= 0.3 is 27.0 Å². The zero-order chi connectivity index (χ0) is 31.7. The van der Waals surface area contributed by atoms with Gasteiger partial charge in [-0.25, -0.2) is 0 Å². The molecule has 1 saturated heterocycles. The van der Waals surface area contributed by atoms with Crippen molar-refractivity contribution in [3.63, 3.8) is 0 Å². The van der Waals surface area contributed by atoms with Gasteiger partial charge in [0.1, 0.15) is 30.1 Å². The Morgan fingerprint density at radius 1 is 0.884 bits per heavy atom. The molecule has 1 aliphatic rings. The van der Waals surface area contributed by atoms with Crippen molar-refractivity contribution in [2.45, 2.75) is 83.0 Å². The number of aliphatic hydroxyl groups is 4. The predicted molar refractivity (Wildman–Crippen MR) is 164 cm³/mol. The quantitative estimate of drug-likeness (QED) is 0.203. The van der Waals surface area contributed by atoms with Gasteiger partial charge in [0, 0.05) is 29.7 Å². The standard InChI is InChI=1S/C21H33NO6.C10H8N2.ClH.H2O.Ru/c1-20(2,3)12-7-11(16(24)13(8-12)21(4,5)6)9-22-15-18(26)17(25)14(10-23)28-19(15)27;1-3-7-11-9(5-1)10-6-2-4-8-12-10;;;/h7-9,14-15,17-19,23-27H,10H2,1-6H3;1-8H;1H;1H2;/q;;;;+1/p-1/t14-,15-,17-,18-,19+;;;;/m1..../s1. The number of halogens is 1. The summed E-state index contributed by atoms with van der Waals surface area (Å²) in [4.78, 5) is 12.6. The molecule has 43 heavy (non-hydrogen) atoms. The largest absolute Gasteiger partial charge is 0.255 e. The average Bonchev–Trinajstić information content (AvgIpc) is 2.96. The van der Waals surface area contributed by atoms with E-state index in [1.165, 1.54) is 6.21 Å². The smallest absolute Gasteiger partial charge is 0.0886 e. The molecule has 0 saturated carbocycles. The molecule has 1 aliphatic heterocycles. The minimum atomic E-state index is -1.48. The summed E-state index contributed by atoms with van der Waals surface area (Å²) in [6.07, 6.45) is -0.439. The van der Waals surface area contributed by atoms with E-state index in [-0.39, 0.29) is 22.1 Å². The number of phenols is 1. The van der Waals surface area contributed by atoms with Gasteiger partial charge in [0.15, 0.2) is 6.29 Å². The number of pyridine rings is 2. The second-order valence-electron chi connectivity index (χ2n) is 11.9. The van der Waals surface area contributed by atoms with Crippen molar-refractivity contribution in [3.05, 3.63) is 77.6 Å². The van der Waals surface area contributed by atoms with Crippen LogP contribution in [0.25, 0.3) is 11.4 Å². The number of phenolic OH excluding ortho intramolecular Hbond substituents is 1. The maximum absolute atomic E-state index is 10.8. The SMILES string of the molecule is CC(C)(C)c1cc(C=N[C@@H]2[C@@H](O)[C@H](O)[C@@H](CO)O[C@@H]2O)c(O)c(C(C)(C)C)c1.O.[Cl][Ru].c1ccc(-c2ccccn2)nc1. The Bertz CT molecular complexity index is 1230. The summed E-state index contributed by atoms with van der Waals surface area (Å²) in [7, 11) is 4.57. The summed E-state index contributed by atoms with van der Waals surface area (Å²) in [6, 6.07) is 14.3. The van der Waals surface area contributed by atoms with Crippen LogP contribution in [0.5, 0.6) is 5.75 Å². The van der Waals surface area contributed by atoms with Gasteiger partial charge in [-0.1, -0.05) is 59.7 Å². The average molecular weight is 706 g/mol. The van der Waals surface area contributed by atoms with Gasteiger partial charge < -0.3 is 35.7 Å². The molecule has 12 heteroatoms. The van der Waals surface area contributed by atoms with Crippen LogP contribution < -0.4 is 0 Å². The molecule has 0 bridgehead atoms. The van der Waals surface area contributed by atoms with Gasteiger partial charge in [-0.3, -0.25) is 15.0 Å². The number of rotatable bonds is 4. The summed E-state index contributed by atoms with van der Waals surface area (Å²) in [5.74, 6) is 0.0822. The van der Waals surface area contributed by atoms with E-state index in [2.05, 4.69) is 45.4 Å².